The molecule has 2 heterocycles. The van der Waals surface area contributed by atoms with Gasteiger partial charge in [0, 0.05) is 24.2 Å². The SMILES string of the molecule is COC(=O)Nc1nc(-c2ccccc2)c(NC(=O)C2CC(=O)N(c3ccccc3)C2)s1. The molecule has 3 amide bonds. The van der Waals surface area contributed by atoms with Crippen LogP contribution in [-0.2, 0) is 14.3 Å². The Morgan fingerprint density at radius 3 is 2.42 bits per heavy atom. The number of benzene rings is 2. The quantitative estimate of drug-likeness (QED) is 0.630. The van der Waals surface area contributed by atoms with Crippen molar-refractivity contribution in [2.45, 2.75) is 6.42 Å². The van der Waals surface area contributed by atoms with Crippen LogP contribution < -0.4 is 15.5 Å². The highest BCUT2D eigenvalue weighted by molar-refractivity contribution is 7.20. The summed E-state index contributed by atoms with van der Waals surface area (Å²) < 4.78 is 4.62. The first-order chi connectivity index (χ1) is 15.0. The molecule has 0 spiro atoms. The summed E-state index contributed by atoms with van der Waals surface area (Å²) in [7, 11) is 1.26. The van der Waals surface area contributed by atoms with Crippen LogP contribution in [0.4, 0.5) is 20.6 Å². The van der Waals surface area contributed by atoms with E-state index in [4.69, 9.17) is 0 Å². The van der Waals surface area contributed by atoms with Crippen molar-refractivity contribution in [3.63, 3.8) is 0 Å². The van der Waals surface area contributed by atoms with E-state index in [1.165, 1.54) is 7.11 Å². The van der Waals surface area contributed by atoms with Gasteiger partial charge in [0.05, 0.1) is 13.0 Å². The summed E-state index contributed by atoms with van der Waals surface area (Å²) in [5, 5.41) is 6.23. The average molecular weight is 436 g/mol. The molecule has 158 valence electrons. The van der Waals surface area contributed by atoms with Gasteiger partial charge in [-0.2, -0.15) is 0 Å². The lowest BCUT2D eigenvalue weighted by atomic mass is 10.1. The highest BCUT2D eigenvalue weighted by Gasteiger charge is 2.35. The number of amides is 3. The van der Waals surface area contributed by atoms with E-state index in [0.29, 0.717) is 22.4 Å². The lowest BCUT2D eigenvalue weighted by molar-refractivity contribution is -0.122. The van der Waals surface area contributed by atoms with E-state index in [2.05, 4.69) is 20.4 Å². The molecule has 2 aromatic carbocycles. The monoisotopic (exact) mass is 436 g/mol. The second-order valence-electron chi connectivity index (χ2n) is 6.91. The third kappa shape index (κ3) is 4.56. The first kappa shape index (κ1) is 20.5. The first-order valence-electron chi connectivity index (χ1n) is 9.62. The van der Waals surface area contributed by atoms with Crippen molar-refractivity contribution in [1.29, 1.82) is 0 Å². The van der Waals surface area contributed by atoms with Crippen molar-refractivity contribution < 1.29 is 19.1 Å². The Labute approximate surface area is 182 Å². The average Bonchev–Trinajstić information content (AvgIpc) is 3.38. The van der Waals surface area contributed by atoms with Crippen LogP contribution in [0.3, 0.4) is 0 Å². The van der Waals surface area contributed by atoms with Crippen molar-refractivity contribution >= 4 is 45.1 Å². The number of carbonyl (C=O) groups is 3. The van der Waals surface area contributed by atoms with Crippen LogP contribution in [0.15, 0.2) is 60.7 Å². The van der Waals surface area contributed by atoms with E-state index in [1.54, 1.807) is 4.90 Å². The molecule has 9 heteroatoms. The molecule has 31 heavy (non-hydrogen) atoms. The summed E-state index contributed by atoms with van der Waals surface area (Å²) in [4.78, 5) is 43.1. The second kappa shape index (κ2) is 8.97. The summed E-state index contributed by atoms with van der Waals surface area (Å²) in [6, 6.07) is 18.6. The number of hydrogen-bond acceptors (Lipinski definition) is 6. The molecule has 4 rings (SSSR count). The number of rotatable bonds is 5. The van der Waals surface area contributed by atoms with Gasteiger partial charge in [-0.05, 0) is 12.1 Å². The lowest BCUT2D eigenvalue weighted by Crippen LogP contribution is -2.28. The van der Waals surface area contributed by atoms with Crippen LogP contribution in [-0.4, -0.2) is 36.5 Å². The third-order valence-corrected chi connectivity index (χ3v) is 5.76. The van der Waals surface area contributed by atoms with E-state index in [-0.39, 0.29) is 18.2 Å². The molecule has 1 aliphatic heterocycles. The molecule has 0 saturated carbocycles. The van der Waals surface area contributed by atoms with Gasteiger partial charge in [-0.25, -0.2) is 9.78 Å². The van der Waals surface area contributed by atoms with E-state index in [0.717, 1.165) is 22.6 Å². The molecule has 8 nitrogen and oxygen atoms in total. The Balaban J connectivity index is 1.55. The second-order valence-corrected chi connectivity index (χ2v) is 7.91. The largest absolute Gasteiger partial charge is 0.453 e. The van der Waals surface area contributed by atoms with Crippen LogP contribution in [0.25, 0.3) is 11.3 Å². The van der Waals surface area contributed by atoms with E-state index in [9.17, 15) is 14.4 Å². The van der Waals surface area contributed by atoms with E-state index >= 15 is 0 Å². The molecule has 0 aliphatic carbocycles. The number of nitrogens with one attached hydrogen (secondary N) is 2. The van der Waals surface area contributed by atoms with Gasteiger partial charge in [-0.1, -0.05) is 59.9 Å². The van der Waals surface area contributed by atoms with Crippen LogP contribution in [0, 0.1) is 5.92 Å². The Morgan fingerprint density at radius 2 is 1.74 bits per heavy atom. The normalized spacial score (nSPS) is 15.6. The zero-order valence-corrected chi connectivity index (χ0v) is 17.5. The fourth-order valence-corrected chi connectivity index (χ4v) is 4.22. The van der Waals surface area contributed by atoms with E-state index in [1.807, 2.05) is 60.7 Å². The molecular formula is C22H20N4O4S. The number of para-hydroxylation sites is 1. The highest BCUT2D eigenvalue weighted by Crippen LogP contribution is 2.37. The molecule has 1 fully saturated rings. The maximum absolute atomic E-state index is 13.0. The van der Waals surface area contributed by atoms with Gasteiger partial charge in [0.25, 0.3) is 0 Å². The minimum Gasteiger partial charge on any atom is -0.453 e. The predicted molar refractivity (Wildman–Crippen MR) is 119 cm³/mol. The lowest BCUT2D eigenvalue weighted by Gasteiger charge is -2.16. The summed E-state index contributed by atoms with van der Waals surface area (Å²) >= 11 is 1.13. The van der Waals surface area contributed by atoms with Gasteiger partial charge in [-0.15, -0.1) is 0 Å². The minimum absolute atomic E-state index is 0.0908. The van der Waals surface area contributed by atoms with Crippen LogP contribution >= 0.6 is 11.3 Å². The van der Waals surface area contributed by atoms with Crippen LogP contribution in [0.5, 0.6) is 0 Å². The van der Waals surface area contributed by atoms with Crippen molar-refractivity contribution in [3.8, 4) is 11.3 Å². The summed E-state index contributed by atoms with van der Waals surface area (Å²) in [5.41, 5.74) is 2.10. The fraction of sp³-hybridized carbons (Fsp3) is 0.182. The van der Waals surface area contributed by atoms with Crippen molar-refractivity contribution in [2.24, 2.45) is 5.92 Å². The smallest absolute Gasteiger partial charge is 0.413 e. The predicted octanol–water partition coefficient (Wildman–Crippen LogP) is 3.98. The van der Waals surface area contributed by atoms with Crippen LogP contribution in [0.1, 0.15) is 6.42 Å². The Hall–Kier alpha value is -3.72. The zero-order valence-electron chi connectivity index (χ0n) is 16.7. The number of ether oxygens (including phenoxy) is 1. The Morgan fingerprint density at radius 1 is 1.06 bits per heavy atom. The van der Waals surface area contributed by atoms with Crippen molar-refractivity contribution in [1.82, 2.24) is 4.98 Å². The third-order valence-electron chi connectivity index (χ3n) is 4.87. The zero-order chi connectivity index (χ0) is 21.8. The van der Waals surface area contributed by atoms with Gasteiger partial charge in [0.15, 0.2) is 5.13 Å². The highest BCUT2D eigenvalue weighted by atomic mass is 32.1. The molecular weight excluding hydrogens is 416 g/mol. The molecule has 1 atom stereocenters. The number of anilines is 3. The fourth-order valence-electron chi connectivity index (χ4n) is 3.34. The number of thiazole rings is 1. The number of hydrogen-bond donors (Lipinski definition) is 2. The Bertz CT molecular complexity index is 1100. The maximum atomic E-state index is 13.0. The molecule has 1 aliphatic rings. The molecule has 3 aromatic rings. The standard InChI is InChI=1S/C22H20N4O4S/c1-30-22(29)25-21-23-18(14-8-4-2-5-9-14)20(31-21)24-19(28)15-12-17(27)26(13-15)16-10-6-3-7-11-16/h2-11,15H,12-13H2,1H3,(H,24,28)(H,23,25,29). The summed E-state index contributed by atoms with van der Waals surface area (Å²) in [5.74, 6) is -0.848. The summed E-state index contributed by atoms with van der Waals surface area (Å²) in [6.07, 6.45) is -0.515. The summed E-state index contributed by atoms with van der Waals surface area (Å²) in [6.45, 7) is 0.307. The molecule has 1 unspecified atom stereocenters. The van der Waals surface area contributed by atoms with Gasteiger partial charge < -0.3 is 15.0 Å². The van der Waals surface area contributed by atoms with Gasteiger partial charge >= 0.3 is 6.09 Å². The first-order valence-corrected chi connectivity index (χ1v) is 10.4. The molecule has 2 N–H and O–H groups in total. The number of methoxy groups -OCH3 is 1. The van der Waals surface area contributed by atoms with Gasteiger partial charge in [-0.3, -0.25) is 14.9 Å². The number of aromatic nitrogens is 1. The van der Waals surface area contributed by atoms with E-state index < -0.39 is 12.0 Å². The molecule has 1 aromatic heterocycles. The number of nitrogens with zero attached hydrogens (tertiary/aromatic N) is 2. The Kier molecular flexibility index (Phi) is 5.94. The molecule has 0 bridgehead atoms. The van der Waals surface area contributed by atoms with Crippen LogP contribution in [0.2, 0.25) is 0 Å². The molecule has 1 saturated heterocycles. The minimum atomic E-state index is -0.647. The molecule has 0 radical (unpaired) electrons. The maximum Gasteiger partial charge on any atom is 0.413 e. The van der Waals surface area contributed by atoms with Gasteiger partial charge in [0.1, 0.15) is 10.7 Å². The van der Waals surface area contributed by atoms with Crippen molar-refractivity contribution in [3.05, 3.63) is 60.7 Å². The van der Waals surface area contributed by atoms with Crippen molar-refractivity contribution in [2.75, 3.05) is 29.2 Å². The van der Waals surface area contributed by atoms with Gasteiger partial charge in [0.2, 0.25) is 11.8 Å². The number of carbonyl (C=O) groups excluding carboxylic acids is 3. The topological polar surface area (TPSA) is 101 Å².